The van der Waals surface area contributed by atoms with E-state index in [1.54, 1.807) is 23.2 Å². The van der Waals surface area contributed by atoms with Crippen LogP contribution in [0.4, 0.5) is 10.5 Å². The first-order chi connectivity index (χ1) is 14.1. The number of hydrogen-bond acceptors (Lipinski definition) is 5. The second-order valence-electron chi connectivity index (χ2n) is 6.88. The number of nitrogens with zero attached hydrogens (tertiary/aromatic N) is 3. The fraction of sp³-hybridized carbons (Fsp3) is 0.238. The van der Waals surface area contributed by atoms with Crippen LogP contribution in [0.25, 0.3) is 11.4 Å². The van der Waals surface area contributed by atoms with Crippen LogP contribution in [-0.2, 0) is 11.3 Å². The van der Waals surface area contributed by atoms with Gasteiger partial charge < -0.3 is 9.72 Å². The third-order valence-corrected chi connectivity index (χ3v) is 5.00. The van der Waals surface area contributed by atoms with Crippen molar-refractivity contribution in [3.8, 4) is 11.4 Å². The Morgan fingerprint density at radius 2 is 1.97 bits per heavy atom. The monoisotopic (exact) mass is 392 g/mol. The number of nitrogens with one attached hydrogen (secondary N) is 1. The second kappa shape index (κ2) is 8.14. The molecule has 0 radical (unpaired) electrons. The number of aromatic amines is 1. The van der Waals surface area contributed by atoms with Crippen molar-refractivity contribution in [2.24, 2.45) is 0 Å². The first-order valence-electron chi connectivity index (χ1n) is 9.39. The van der Waals surface area contributed by atoms with Gasteiger partial charge in [0, 0.05) is 24.2 Å². The van der Waals surface area contributed by atoms with Crippen molar-refractivity contribution in [3.05, 3.63) is 82.2 Å². The van der Waals surface area contributed by atoms with Gasteiger partial charge in [-0.25, -0.2) is 9.78 Å². The molecule has 2 heterocycles. The predicted molar refractivity (Wildman–Crippen MR) is 106 cm³/mol. The molecule has 2 aromatic carbocycles. The highest BCUT2D eigenvalue weighted by Gasteiger charge is 2.32. The Morgan fingerprint density at radius 1 is 1.21 bits per heavy atom. The van der Waals surface area contributed by atoms with E-state index >= 15 is 0 Å². The lowest BCUT2D eigenvalue weighted by molar-refractivity contribution is -0.384. The van der Waals surface area contributed by atoms with E-state index in [0.717, 1.165) is 29.7 Å². The van der Waals surface area contributed by atoms with Crippen LogP contribution in [0.5, 0.6) is 0 Å². The standard InChI is InChI=1S/C21H20N4O4/c26-21(29-14-15-5-2-1-3-6-15)24-12-4-7-19(24)18-13-22-20(23-18)16-8-10-17(11-9-16)25(27)28/h1-3,5-6,8-11,13,19H,4,7,12,14H2,(H,22,23)/t19-/m0/s1. The summed E-state index contributed by atoms with van der Waals surface area (Å²) in [6.07, 6.45) is 3.08. The number of rotatable bonds is 5. The van der Waals surface area contributed by atoms with Crippen molar-refractivity contribution >= 4 is 11.8 Å². The fourth-order valence-electron chi connectivity index (χ4n) is 3.50. The van der Waals surface area contributed by atoms with Gasteiger partial charge in [-0.2, -0.15) is 0 Å². The highest BCUT2D eigenvalue weighted by atomic mass is 16.6. The molecule has 1 aliphatic rings. The zero-order valence-electron chi connectivity index (χ0n) is 15.7. The molecule has 1 atom stereocenters. The van der Waals surface area contributed by atoms with Crippen LogP contribution in [0.1, 0.15) is 30.1 Å². The van der Waals surface area contributed by atoms with Gasteiger partial charge in [0.25, 0.3) is 5.69 Å². The average molecular weight is 392 g/mol. The van der Waals surface area contributed by atoms with Crippen LogP contribution >= 0.6 is 0 Å². The first-order valence-corrected chi connectivity index (χ1v) is 9.39. The van der Waals surface area contributed by atoms with Gasteiger partial charge in [-0.05, 0) is 30.5 Å². The van der Waals surface area contributed by atoms with Crippen LogP contribution in [0.2, 0.25) is 0 Å². The lowest BCUT2D eigenvalue weighted by atomic mass is 10.1. The SMILES string of the molecule is O=C(OCc1ccccc1)N1CCC[C@H]1c1cnc(-c2ccc([N+](=O)[O-])cc2)[nH]1. The van der Waals surface area contributed by atoms with Crippen molar-refractivity contribution in [2.45, 2.75) is 25.5 Å². The number of ether oxygens (including phenoxy) is 1. The normalized spacial score (nSPS) is 16.0. The van der Waals surface area contributed by atoms with Crippen LogP contribution in [-0.4, -0.2) is 32.4 Å². The van der Waals surface area contributed by atoms with Crippen LogP contribution in [0, 0.1) is 10.1 Å². The molecule has 4 rings (SSSR count). The molecule has 0 spiro atoms. The molecule has 1 aromatic heterocycles. The van der Waals surface area contributed by atoms with Crippen molar-refractivity contribution in [3.63, 3.8) is 0 Å². The summed E-state index contributed by atoms with van der Waals surface area (Å²) in [5.41, 5.74) is 2.55. The molecule has 1 fully saturated rings. The number of non-ortho nitro benzene ring substituents is 1. The lowest BCUT2D eigenvalue weighted by Gasteiger charge is -2.23. The number of benzene rings is 2. The fourth-order valence-corrected chi connectivity index (χ4v) is 3.50. The molecule has 1 aliphatic heterocycles. The van der Waals surface area contributed by atoms with Crippen LogP contribution in [0.3, 0.4) is 0 Å². The van der Waals surface area contributed by atoms with Crippen LogP contribution in [0.15, 0.2) is 60.8 Å². The Kier molecular flexibility index (Phi) is 5.24. The maximum atomic E-state index is 12.6. The summed E-state index contributed by atoms with van der Waals surface area (Å²) in [4.78, 5) is 32.3. The number of likely N-dealkylation sites (tertiary alicyclic amines) is 1. The van der Waals surface area contributed by atoms with Gasteiger partial charge in [-0.15, -0.1) is 0 Å². The topological polar surface area (TPSA) is 101 Å². The lowest BCUT2D eigenvalue weighted by Crippen LogP contribution is -2.31. The number of carbonyl (C=O) groups excluding carboxylic acids is 1. The molecular weight excluding hydrogens is 372 g/mol. The summed E-state index contributed by atoms with van der Waals surface area (Å²) in [5.74, 6) is 0.611. The minimum atomic E-state index is -0.436. The maximum absolute atomic E-state index is 12.6. The minimum absolute atomic E-state index is 0.0312. The summed E-state index contributed by atoms with van der Waals surface area (Å²) in [6, 6.07) is 15.6. The van der Waals surface area contributed by atoms with Gasteiger partial charge in [0.15, 0.2) is 0 Å². The first kappa shape index (κ1) is 18.7. The summed E-state index contributed by atoms with van der Waals surface area (Å²) in [7, 11) is 0. The molecule has 0 saturated carbocycles. The molecule has 148 valence electrons. The summed E-state index contributed by atoms with van der Waals surface area (Å²) < 4.78 is 5.48. The highest BCUT2D eigenvalue weighted by Crippen LogP contribution is 2.32. The Labute approximate surface area is 167 Å². The predicted octanol–water partition coefficient (Wildman–Crippen LogP) is 4.46. The molecule has 1 saturated heterocycles. The molecule has 0 bridgehead atoms. The zero-order chi connectivity index (χ0) is 20.2. The zero-order valence-corrected chi connectivity index (χ0v) is 15.7. The largest absolute Gasteiger partial charge is 0.445 e. The highest BCUT2D eigenvalue weighted by molar-refractivity contribution is 5.69. The molecule has 29 heavy (non-hydrogen) atoms. The molecule has 8 nitrogen and oxygen atoms in total. The Morgan fingerprint density at radius 3 is 2.69 bits per heavy atom. The van der Waals surface area contributed by atoms with E-state index in [2.05, 4.69) is 9.97 Å². The molecule has 3 aromatic rings. The van der Waals surface area contributed by atoms with Gasteiger partial charge in [-0.3, -0.25) is 15.0 Å². The number of nitro groups is 1. The smallest absolute Gasteiger partial charge is 0.410 e. The van der Waals surface area contributed by atoms with Crippen molar-refractivity contribution in [1.82, 2.24) is 14.9 Å². The third kappa shape index (κ3) is 4.11. The van der Waals surface area contributed by atoms with E-state index in [1.165, 1.54) is 12.1 Å². The summed E-state index contributed by atoms with van der Waals surface area (Å²) in [6.45, 7) is 0.865. The van der Waals surface area contributed by atoms with Gasteiger partial charge in [-0.1, -0.05) is 30.3 Å². The molecule has 0 unspecified atom stereocenters. The number of imidazole rings is 1. The van der Waals surface area contributed by atoms with Gasteiger partial charge >= 0.3 is 6.09 Å². The Balaban J connectivity index is 1.45. The van der Waals surface area contributed by atoms with Crippen LogP contribution < -0.4 is 0 Å². The Hall–Kier alpha value is -3.68. The molecule has 1 amide bonds. The number of carbonyl (C=O) groups is 1. The van der Waals surface area contributed by atoms with E-state index in [1.807, 2.05) is 30.3 Å². The van der Waals surface area contributed by atoms with E-state index < -0.39 is 4.92 Å². The number of H-pyrrole nitrogens is 1. The van der Waals surface area contributed by atoms with Crippen molar-refractivity contribution in [1.29, 1.82) is 0 Å². The third-order valence-electron chi connectivity index (χ3n) is 5.00. The quantitative estimate of drug-likeness (QED) is 0.510. The number of nitro benzene ring substituents is 1. The number of hydrogen-bond donors (Lipinski definition) is 1. The molecule has 8 heteroatoms. The number of amides is 1. The second-order valence-corrected chi connectivity index (χ2v) is 6.88. The van der Waals surface area contributed by atoms with E-state index in [0.29, 0.717) is 12.4 Å². The molecule has 1 N–H and O–H groups in total. The van der Waals surface area contributed by atoms with Gasteiger partial charge in [0.2, 0.25) is 0 Å². The van der Waals surface area contributed by atoms with Crippen molar-refractivity contribution in [2.75, 3.05) is 6.54 Å². The summed E-state index contributed by atoms with van der Waals surface area (Å²) >= 11 is 0. The van der Waals surface area contributed by atoms with E-state index in [4.69, 9.17) is 4.74 Å². The Bertz CT molecular complexity index is 1000. The van der Waals surface area contributed by atoms with E-state index in [9.17, 15) is 14.9 Å². The summed E-state index contributed by atoms with van der Waals surface area (Å²) in [5, 5.41) is 10.8. The van der Waals surface area contributed by atoms with Crippen molar-refractivity contribution < 1.29 is 14.5 Å². The molecule has 0 aliphatic carbocycles. The van der Waals surface area contributed by atoms with Gasteiger partial charge in [0.05, 0.1) is 22.9 Å². The van der Waals surface area contributed by atoms with Gasteiger partial charge in [0.1, 0.15) is 12.4 Å². The minimum Gasteiger partial charge on any atom is -0.445 e. The average Bonchev–Trinajstić information content (AvgIpc) is 3.42. The molecular formula is C21H20N4O4. The number of aromatic nitrogens is 2. The van der Waals surface area contributed by atoms with E-state index in [-0.39, 0.29) is 24.4 Å². The maximum Gasteiger partial charge on any atom is 0.410 e.